The normalized spacial score (nSPS) is 10.8. The Kier molecular flexibility index (Phi) is 5.85. The predicted molar refractivity (Wildman–Crippen MR) is 86.5 cm³/mol. The summed E-state index contributed by atoms with van der Waals surface area (Å²) >= 11 is 0. The van der Waals surface area contributed by atoms with Crippen molar-refractivity contribution in [2.75, 3.05) is 13.2 Å². The van der Waals surface area contributed by atoms with Crippen LogP contribution in [0.15, 0.2) is 54.6 Å². The number of hydrogen-bond acceptors (Lipinski definition) is 3. The fraction of sp³-hybridized carbons (Fsp3) is 0.222. The minimum Gasteiger partial charge on any atom is -0.490 e. The third kappa shape index (κ3) is 4.65. The molecule has 0 saturated carbocycles. The molecule has 2 N–H and O–H groups in total. The zero-order valence-electron chi connectivity index (χ0n) is 12.3. The summed E-state index contributed by atoms with van der Waals surface area (Å²) in [4.78, 5) is 0. The van der Waals surface area contributed by atoms with Crippen LogP contribution >= 0.6 is 0 Å². The van der Waals surface area contributed by atoms with Crippen LogP contribution < -0.4 is 15.2 Å². The van der Waals surface area contributed by atoms with Crippen LogP contribution in [0, 0.1) is 0 Å². The summed E-state index contributed by atoms with van der Waals surface area (Å²) in [5.41, 5.74) is 7.73. The molecule has 2 aromatic rings. The zero-order chi connectivity index (χ0) is 14.9. The van der Waals surface area contributed by atoms with Crippen molar-refractivity contribution in [1.29, 1.82) is 0 Å². The quantitative estimate of drug-likeness (QED) is 0.789. The van der Waals surface area contributed by atoms with Gasteiger partial charge in [-0.05, 0) is 30.7 Å². The smallest absolute Gasteiger partial charge is 0.126 e. The molecule has 3 heteroatoms. The standard InChI is InChI=1S/C18H21NO2/c1-2-5-16-6-3-4-7-18(16)21-13-12-20-17-10-8-15(14-19)9-11-17/h2-11H,12-14,19H2,1H3. The van der Waals surface area contributed by atoms with E-state index in [0.717, 1.165) is 22.6 Å². The molecule has 0 aliphatic carbocycles. The summed E-state index contributed by atoms with van der Waals surface area (Å²) in [5.74, 6) is 1.70. The first-order chi connectivity index (χ1) is 10.3. The SMILES string of the molecule is CC=Cc1ccccc1OCCOc1ccc(CN)cc1. The second-order valence-electron chi connectivity index (χ2n) is 4.58. The molecule has 0 aliphatic rings. The van der Waals surface area contributed by atoms with E-state index < -0.39 is 0 Å². The van der Waals surface area contributed by atoms with Gasteiger partial charge in [0, 0.05) is 12.1 Å². The predicted octanol–water partition coefficient (Wildman–Crippen LogP) is 3.64. The van der Waals surface area contributed by atoms with Crippen LogP contribution in [0.2, 0.25) is 0 Å². The van der Waals surface area contributed by atoms with E-state index in [1.54, 1.807) is 0 Å². The minimum atomic E-state index is 0.506. The van der Waals surface area contributed by atoms with Crippen LogP contribution in [0.1, 0.15) is 18.1 Å². The van der Waals surface area contributed by atoms with Crippen molar-refractivity contribution in [3.63, 3.8) is 0 Å². The summed E-state index contributed by atoms with van der Waals surface area (Å²) < 4.78 is 11.4. The van der Waals surface area contributed by atoms with E-state index in [1.165, 1.54) is 0 Å². The summed E-state index contributed by atoms with van der Waals surface area (Å²) in [6, 6.07) is 15.8. The molecule has 0 heterocycles. The highest BCUT2D eigenvalue weighted by Crippen LogP contribution is 2.19. The van der Waals surface area contributed by atoms with Crippen molar-refractivity contribution in [2.24, 2.45) is 5.73 Å². The molecule has 2 aromatic carbocycles. The van der Waals surface area contributed by atoms with E-state index in [1.807, 2.05) is 67.6 Å². The van der Waals surface area contributed by atoms with Gasteiger partial charge in [-0.25, -0.2) is 0 Å². The summed E-state index contributed by atoms with van der Waals surface area (Å²) in [7, 11) is 0. The van der Waals surface area contributed by atoms with Gasteiger partial charge < -0.3 is 15.2 Å². The lowest BCUT2D eigenvalue weighted by atomic mass is 10.2. The van der Waals surface area contributed by atoms with Crippen LogP contribution in [-0.4, -0.2) is 13.2 Å². The fourth-order valence-corrected chi connectivity index (χ4v) is 1.96. The van der Waals surface area contributed by atoms with Crippen molar-refractivity contribution < 1.29 is 9.47 Å². The molecule has 0 aliphatic heterocycles. The van der Waals surface area contributed by atoms with Gasteiger partial charge in [0.2, 0.25) is 0 Å². The number of para-hydroxylation sites is 1. The molecule has 0 amide bonds. The van der Waals surface area contributed by atoms with Gasteiger partial charge >= 0.3 is 0 Å². The molecule has 0 saturated heterocycles. The van der Waals surface area contributed by atoms with Gasteiger partial charge in [-0.2, -0.15) is 0 Å². The molecule has 0 bridgehead atoms. The Hall–Kier alpha value is -2.26. The van der Waals surface area contributed by atoms with E-state index in [-0.39, 0.29) is 0 Å². The Labute approximate surface area is 126 Å². The van der Waals surface area contributed by atoms with E-state index in [2.05, 4.69) is 0 Å². The number of allylic oxidation sites excluding steroid dienone is 1. The van der Waals surface area contributed by atoms with Crippen molar-refractivity contribution in [3.8, 4) is 11.5 Å². The van der Waals surface area contributed by atoms with Gasteiger partial charge in [-0.15, -0.1) is 0 Å². The van der Waals surface area contributed by atoms with Crippen LogP contribution in [0.25, 0.3) is 6.08 Å². The lowest BCUT2D eigenvalue weighted by molar-refractivity contribution is 0.217. The van der Waals surface area contributed by atoms with E-state index in [9.17, 15) is 0 Å². The number of nitrogens with two attached hydrogens (primary N) is 1. The molecule has 0 aromatic heterocycles. The van der Waals surface area contributed by atoms with E-state index in [4.69, 9.17) is 15.2 Å². The van der Waals surface area contributed by atoms with Gasteiger partial charge in [0.25, 0.3) is 0 Å². The highest BCUT2D eigenvalue weighted by atomic mass is 16.5. The van der Waals surface area contributed by atoms with Crippen LogP contribution in [-0.2, 0) is 6.54 Å². The molecule has 2 rings (SSSR count). The maximum absolute atomic E-state index is 5.76. The van der Waals surface area contributed by atoms with Crippen molar-refractivity contribution in [3.05, 3.63) is 65.7 Å². The number of hydrogen-bond donors (Lipinski definition) is 1. The third-order valence-corrected chi connectivity index (χ3v) is 3.03. The molecule has 21 heavy (non-hydrogen) atoms. The molecule has 3 nitrogen and oxygen atoms in total. The average Bonchev–Trinajstić information content (AvgIpc) is 2.54. The Morgan fingerprint density at radius 1 is 0.952 bits per heavy atom. The second kappa shape index (κ2) is 8.12. The van der Waals surface area contributed by atoms with Crippen molar-refractivity contribution >= 4 is 6.08 Å². The molecule has 0 unspecified atom stereocenters. The highest BCUT2D eigenvalue weighted by molar-refractivity contribution is 5.56. The number of benzene rings is 2. The largest absolute Gasteiger partial charge is 0.490 e. The molecular weight excluding hydrogens is 262 g/mol. The van der Waals surface area contributed by atoms with Gasteiger partial charge in [-0.1, -0.05) is 42.5 Å². The first-order valence-electron chi connectivity index (χ1n) is 7.10. The highest BCUT2D eigenvalue weighted by Gasteiger charge is 2.00. The monoisotopic (exact) mass is 283 g/mol. The molecule has 110 valence electrons. The Morgan fingerprint density at radius 2 is 1.67 bits per heavy atom. The lowest BCUT2D eigenvalue weighted by Gasteiger charge is -2.10. The minimum absolute atomic E-state index is 0.506. The first kappa shape index (κ1) is 15.1. The lowest BCUT2D eigenvalue weighted by Crippen LogP contribution is -2.09. The maximum atomic E-state index is 5.76. The van der Waals surface area contributed by atoms with E-state index in [0.29, 0.717) is 19.8 Å². The van der Waals surface area contributed by atoms with Crippen molar-refractivity contribution in [2.45, 2.75) is 13.5 Å². The molecule has 0 radical (unpaired) electrons. The Morgan fingerprint density at radius 3 is 2.38 bits per heavy atom. The summed E-state index contributed by atoms with van der Waals surface area (Å²) in [6.07, 6.45) is 4.03. The molecule has 0 atom stereocenters. The van der Waals surface area contributed by atoms with Crippen molar-refractivity contribution in [1.82, 2.24) is 0 Å². The zero-order valence-corrected chi connectivity index (χ0v) is 12.3. The number of rotatable bonds is 7. The Bertz CT molecular complexity index is 576. The molecule has 0 spiro atoms. The molecular formula is C18H21NO2. The Balaban J connectivity index is 1.81. The third-order valence-electron chi connectivity index (χ3n) is 3.03. The van der Waals surface area contributed by atoms with Gasteiger partial charge in [0.15, 0.2) is 0 Å². The second-order valence-corrected chi connectivity index (χ2v) is 4.58. The van der Waals surface area contributed by atoms with Crippen LogP contribution in [0.3, 0.4) is 0 Å². The summed E-state index contributed by atoms with van der Waals surface area (Å²) in [5, 5.41) is 0. The summed E-state index contributed by atoms with van der Waals surface area (Å²) in [6.45, 7) is 3.55. The van der Waals surface area contributed by atoms with Crippen LogP contribution in [0.5, 0.6) is 11.5 Å². The maximum Gasteiger partial charge on any atom is 0.126 e. The van der Waals surface area contributed by atoms with Gasteiger partial charge in [0.1, 0.15) is 24.7 Å². The van der Waals surface area contributed by atoms with Crippen LogP contribution in [0.4, 0.5) is 0 Å². The molecule has 0 fully saturated rings. The first-order valence-corrected chi connectivity index (χ1v) is 7.10. The van der Waals surface area contributed by atoms with Gasteiger partial charge in [-0.3, -0.25) is 0 Å². The average molecular weight is 283 g/mol. The van der Waals surface area contributed by atoms with Gasteiger partial charge in [0.05, 0.1) is 0 Å². The van der Waals surface area contributed by atoms with E-state index >= 15 is 0 Å². The fourth-order valence-electron chi connectivity index (χ4n) is 1.96. The number of ether oxygens (including phenoxy) is 2. The topological polar surface area (TPSA) is 44.5 Å².